The molecule has 1 aliphatic rings. The first-order chi connectivity index (χ1) is 13.0. The van der Waals surface area contributed by atoms with Gasteiger partial charge in [0.1, 0.15) is 0 Å². The van der Waals surface area contributed by atoms with Crippen LogP contribution in [0, 0.1) is 13.8 Å². The van der Waals surface area contributed by atoms with Gasteiger partial charge in [-0.3, -0.25) is 9.59 Å². The number of ketones is 1. The average molecular weight is 365 g/mol. The van der Waals surface area contributed by atoms with Gasteiger partial charge in [-0.2, -0.15) is 0 Å². The Hall–Kier alpha value is -2.95. The van der Waals surface area contributed by atoms with Crippen molar-refractivity contribution < 1.29 is 19.1 Å². The summed E-state index contributed by atoms with van der Waals surface area (Å²) < 4.78 is 5.20. The maximum atomic E-state index is 13.0. The van der Waals surface area contributed by atoms with Gasteiger partial charge in [0.05, 0.1) is 5.56 Å². The highest BCUT2D eigenvalue weighted by atomic mass is 16.5. The quantitative estimate of drug-likeness (QED) is 0.602. The lowest BCUT2D eigenvalue weighted by Gasteiger charge is -2.15. The molecule has 0 aromatic heterocycles. The monoisotopic (exact) mass is 365 g/mol. The molecule has 0 aliphatic carbocycles. The summed E-state index contributed by atoms with van der Waals surface area (Å²) >= 11 is 0. The number of hydrogen-bond acceptors (Lipinski definition) is 4. The molecule has 27 heavy (non-hydrogen) atoms. The van der Waals surface area contributed by atoms with Crippen LogP contribution in [-0.4, -0.2) is 42.3 Å². The zero-order valence-corrected chi connectivity index (χ0v) is 15.7. The lowest BCUT2D eigenvalue weighted by atomic mass is 9.94. The van der Waals surface area contributed by atoms with Crippen molar-refractivity contribution in [2.75, 3.05) is 19.7 Å². The molecule has 1 aliphatic heterocycles. The lowest BCUT2D eigenvalue weighted by Crippen LogP contribution is -2.32. The van der Waals surface area contributed by atoms with Crippen LogP contribution in [0.1, 0.15) is 50.2 Å². The Bertz CT molecular complexity index is 882. The summed E-state index contributed by atoms with van der Waals surface area (Å²) in [5.74, 6) is -1.08. The van der Waals surface area contributed by atoms with E-state index in [0.717, 1.165) is 24.0 Å². The number of esters is 1. The number of nitrogens with zero attached hydrogens (tertiary/aromatic N) is 1. The summed E-state index contributed by atoms with van der Waals surface area (Å²) in [6.45, 7) is 4.89. The van der Waals surface area contributed by atoms with Gasteiger partial charge in [0.15, 0.2) is 12.4 Å². The maximum absolute atomic E-state index is 13.0. The minimum Gasteiger partial charge on any atom is -0.452 e. The van der Waals surface area contributed by atoms with E-state index in [0.29, 0.717) is 18.7 Å². The van der Waals surface area contributed by atoms with Crippen molar-refractivity contribution in [3.05, 3.63) is 70.3 Å². The van der Waals surface area contributed by atoms with Crippen molar-refractivity contribution in [1.82, 2.24) is 4.90 Å². The molecule has 1 heterocycles. The van der Waals surface area contributed by atoms with Crippen molar-refractivity contribution in [3.8, 4) is 0 Å². The molecule has 0 saturated carbocycles. The number of ether oxygens (including phenoxy) is 1. The maximum Gasteiger partial charge on any atom is 0.339 e. The van der Waals surface area contributed by atoms with Crippen molar-refractivity contribution in [3.63, 3.8) is 0 Å². The van der Waals surface area contributed by atoms with Crippen molar-refractivity contribution >= 4 is 17.7 Å². The summed E-state index contributed by atoms with van der Waals surface area (Å²) in [5, 5.41) is 0. The lowest BCUT2D eigenvalue weighted by molar-refractivity contribution is -0.133. The van der Waals surface area contributed by atoms with Gasteiger partial charge in [0.2, 0.25) is 0 Å². The smallest absolute Gasteiger partial charge is 0.339 e. The van der Waals surface area contributed by atoms with Gasteiger partial charge in [-0.15, -0.1) is 0 Å². The normalized spacial score (nSPS) is 13.5. The Morgan fingerprint density at radius 1 is 0.926 bits per heavy atom. The van der Waals surface area contributed by atoms with Crippen LogP contribution in [0.15, 0.2) is 42.5 Å². The first kappa shape index (κ1) is 18.8. The molecule has 0 bridgehead atoms. The third-order valence-electron chi connectivity index (χ3n) is 4.81. The van der Waals surface area contributed by atoms with Gasteiger partial charge in [-0.1, -0.05) is 35.9 Å². The second-order valence-electron chi connectivity index (χ2n) is 6.86. The van der Waals surface area contributed by atoms with E-state index in [4.69, 9.17) is 4.74 Å². The SMILES string of the molecule is Cc1ccc(C)c(C(=O)c2ccccc2C(=O)OCC(=O)N2CCCC2)c1. The van der Waals surface area contributed by atoms with Gasteiger partial charge in [0.25, 0.3) is 5.91 Å². The zero-order valence-electron chi connectivity index (χ0n) is 15.7. The first-order valence-corrected chi connectivity index (χ1v) is 9.13. The predicted octanol–water partition coefficient (Wildman–Crippen LogP) is 3.31. The average Bonchev–Trinajstić information content (AvgIpc) is 3.22. The topological polar surface area (TPSA) is 63.7 Å². The molecule has 5 nitrogen and oxygen atoms in total. The predicted molar refractivity (Wildman–Crippen MR) is 102 cm³/mol. The molecule has 140 valence electrons. The fourth-order valence-electron chi connectivity index (χ4n) is 3.25. The van der Waals surface area contributed by atoms with E-state index in [1.54, 1.807) is 29.2 Å². The number of likely N-dealkylation sites (tertiary alicyclic amines) is 1. The van der Waals surface area contributed by atoms with Crippen LogP contribution in [-0.2, 0) is 9.53 Å². The largest absolute Gasteiger partial charge is 0.452 e. The molecule has 0 atom stereocenters. The Balaban J connectivity index is 1.78. The second-order valence-corrected chi connectivity index (χ2v) is 6.86. The Morgan fingerprint density at radius 2 is 1.59 bits per heavy atom. The molecule has 0 N–H and O–H groups in total. The van der Waals surface area contributed by atoms with Crippen LogP contribution in [0.3, 0.4) is 0 Å². The molecule has 2 aromatic carbocycles. The fraction of sp³-hybridized carbons (Fsp3) is 0.318. The minimum absolute atomic E-state index is 0.178. The number of rotatable bonds is 5. The van der Waals surface area contributed by atoms with E-state index in [1.165, 1.54) is 0 Å². The highest BCUT2D eigenvalue weighted by Gasteiger charge is 2.23. The molecule has 0 radical (unpaired) electrons. The standard InChI is InChI=1S/C22H23NO4/c1-15-9-10-16(2)19(13-15)21(25)17-7-3-4-8-18(17)22(26)27-14-20(24)23-11-5-6-12-23/h3-4,7-10,13H,5-6,11-12,14H2,1-2H3. The summed E-state index contributed by atoms with van der Waals surface area (Å²) in [6, 6.07) is 12.2. The van der Waals surface area contributed by atoms with Gasteiger partial charge in [-0.05, 0) is 44.4 Å². The Labute approximate surface area is 158 Å². The third-order valence-corrected chi connectivity index (χ3v) is 4.81. The van der Waals surface area contributed by atoms with E-state index >= 15 is 0 Å². The highest BCUT2D eigenvalue weighted by Crippen LogP contribution is 2.19. The Morgan fingerprint density at radius 3 is 2.30 bits per heavy atom. The summed E-state index contributed by atoms with van der Waals surface area (Å²) in [6.07, 6.45) is 1.96. The Kier molecular flexibility index (Phi) is 5.69. The fourth-order valence-corrected chi connectivity index (χ4v) is 3.25. The van der Waals surface area contributed by atoms with E-state index in [1.807, 2.05) is 32.0 Å². The first-order valence-electron chi connectivity index (χ1n) is 9.13. The van der Waals surface area contributed by atoms with Gasteiger partial charge < -0.3 is 9.64 Å². The van der Waals surface area contributed by atoms with Crippen LogP contribution in [0.25, 0.3) is 0 Å². The molecule has 1 fully saturated rings. The van der Waals surface area contributed by atoms with Crippen molar-refractivity contribution in [2.45, 2.75) is 26.7 Å². The van der Waals surface area contributed by atoms with Gasteiger partial charge in [0, 0.05) is 24.2 Å². The van der Waals surface area contributed by atoms with E-state index < -0.39 is 5.97 Å². The molecule has 2 aromatic rings. The summed E-state index contributed by atoms with van der Waals surface area (Å²) in [5.41, 5.74) is 2.84. The van der Waals surface area contributed by atoms with E-state index in [2.05, 4.69) is 0 Å². The molecule has 0 spiro atoms. The van der Waals surface area contributed by atoms with Crippen molar-refractivity contribution in [2.24, 2.45) is 0 Å². The van der Waals surface area contributed by atoms with Crippen LogP contribution < -0.4 is 0 Å². The molecule has 1 saturated heterocycles. The zero-order chi connectivity index (χ0) is 19.4. The number of carbonyl (C=O) groups is 3. The number of amides is 1. The van der Waals surface area contributed by atoms with Crippen molar-refractivity contribution in [1.29, 1.82) is 0 Å². The second kappa shape index (κ2) is 8.16. The van der Waals surface area contributed by atoms with E-state index in [-0.39, 0.29) is 29.4 Å². The molecule has 3 rings (SSSR count). The van der Waals surface area contributed by atoms with Crippen LogP contribution in [0.2, 0.25) is 0 Å². The molecular formula is C22H23NO4. The van der Waals surface area contributed by atoms with Gasteiger partial charge in [-0.25, -0.2) is 4.79 Å². The molecular weight excluding hydrogens is 342 g/mol. The van der Waals surface area contributed by atoms with Crippen LogP contribution in [0.4, 0.5) is 0 Å². The molecule has 5 heteroatoms. The third kappa shape index (κ3) is 4.25. The molecule has 1 amide bonds. The van der Waals surface area contributed by atoms with Crippen LogP contribution in [0.5, 0.6) is 0 Å². The number of hydrogen-bond donors (Lipinski definition) is 0. The van der Waals surface area contributed by atoms with Crippen LogP contribution >= 0.6 is 0 Å². The highest BCUT2D eigenvalue weighted by molar-refractivity contribution is 6.15. The number of aryl methyl sites for hydroxylation is 2. The number of benzene rings is 2. The van der Waals surface area contributed by atoms with Gasteiger partial charge >= 0.3 is 5.97 Å². The minimum atomic E-state index is -0.656. The van der Waals surface area contributed by atoms with E-state index in [9.17, 15) is 14.4 Å². The summed E-state index contributed by atoms with van der Waals surface area (Å²) in [7, 11) is 0. The summed E-state index contributed by atoms with van der Waals surface area (Å²) in [4.78, 5) is 39.3. The number of carbonyl (C=O) groups excluding carboxylic acids is 3. The molecule has 0 unspecified atom stereocenters.